The number of rotatable bonds is 9. The number of carbonyl (C=O) groups is 1. The highest BCUT2D eigenvalue weighted by molar-refractivity contribution is 6.00. The van der Waals surface area contributed by atoms with Crippen LogP contribution < -0.4 is 10.2 Å². The SMILES string of the molecule is CN(C)NC(=O)[C@]1(Cc2ccccc2)COC(c2ccc(OCCCO)cc2)=N1. The minimum absolute atomic E-state index is 0.0985. The Kier molecular flexibility index (Phi) is 6.85. The summed E-state index contributed by atoms with van der Waals surface area (Å²) in [6.07, 6.45) is 1.03. The minimum Gasteiger partial charge on any atom is -0.494 e. The predicted molar refractivity (Wildman–Crippen MR) is 111 cm³/mol. The lowest BCUT2D eigenvalue weighted by Gasteiger charge is -2.25. The number of ether oxygens (including phenoxy) is 2. The lowest BCUT2D eigenvalue weighted by atomic mass is 9.91. The maximum absolute atomic E-state index is 13.0. The van der Waals surface area contributed by atoms with Gasteiger partial charge in [-0.15, -0.1) is 0 Å². The number of aliphatic hydroxyl groups excluding tert-OH is 1. The van der Waals surface area contributed by atoms with E-state index in [0.717, 1.165) is 11.1 Å². The summed E-state index contributed by atoms with van der Waals surface area (Å²) in [5.41, 5.74) is 3.59. The first kappa shape index (κ1) is 20.8. The Morgan fingerprint density at radius 1 is 1.21 bits per heavy atom. The average Bonchev–Trinajstić information content (AvgIpc) is 3.14. The van der Waals surface area contributed by atoms with Gasteiger partial charge in [-0.1, -0.05) is 30.3 Å². The quantitative estimate of drug-likeness (QED) is 0.498. The molecule has 0 aliphatic carbocycles. The van der Waals surface area contributed by atoms with E-state index in [1.165, 1.54) is 0 Å². The summed E-state index contributed by atoms with van der Waals surface area (Å²) < 4.78 is 11.4. The molecule has 7 nitrogen and oxygen atoms in total. The van der Waals surface area contributed by atoms with Crippen LogP contribution in [0, 0.1) is 0 Å². The molecule has 1 amide bonds. The summed E-state index contributed by atoms with van der Waals surface area (Å²) >= 11 is 0. The number of hydrogen-bond acceptors (Lipinski definition) is 6. The molecule has 1 atom stereocenters. The van der Waals surface area contributed by atoms with Gasteiger partial charge in [0.05, 0.1) is 6.61 Å². The predicted octanol–water partition coefficient (Wildman–Crippen LogP) is 1.80. The molecular weight excluding hydrogens is 370 g/mol. The zero-order chi connectivity index (χ0) is 20.7. The van der Waals surface area contributed by atoms with Crippen molar-refractivity contribution in [2.45, 2.75) is 18.4 Å². The van der Waals surface area contributed by atoms with Gasteiger partial charge in [0.1, 0.15) is 12.4 Å². The molecule has 0 unspecified atom stereocenters. The van der Waals surface area contributed by atoms with E-state index in [1.54, 1.807) is 19.1 Å². The maximum atomic E-state index is 13.0. The highest BCUT2D eigenvalue weighted by Crippen LogP contribution is 2.27. The van der Waals surface area contributed by atoms with Crippen LogP contribution in [0.2, 0.25) is 0 Å². The lowest BCUT2D eigenvalue weighted by Crippen LogP contribution is -2.52. The zero-order valence-corrected chi connectivity index (χ0v) is 16.8. The van der Waals surface area contributed by atoms with Gasteiger partial charge in [-0.2, -0.15) is 0 Å². The van der Waals surface area contributed by atoms with Crippen molar-refractivity contribution in [1.29, 1.82) is 0 Å². The Hall–Kier alpha value is -2.90. The summed E-state index contributed by atoms with van der Waals surface area (Å²) in [5, 5.41) is 10.5. The Bertz CT molecular complexity index is 837. The van der Waals surface area contributed by atoms with E-state index in [4.69, 9.17) is 19.6 Å². The number of nitrogens with one attached hydrogen (secondary N) is 1. The van der Waals surface area contributed by atoms with Crippen molar-refractivity contribution >= 4 is 11.8 Å². The number of hydrazine groups is 1. The van der Waals surface area contributed by atoms with Gasteiger partial charge >= 0.3 is 0 Å². The van der Waals surface area contributed by atoms with Crippen molar-refractivity contribution < 1.29 is 19.4 Å². The van der Waals surface area contributed by atoms with Gasteiger partial charge in [0, 0.05) is 39.1 Å². The summed E-state index contributed by atoms with van der Waals surface area (Å²) in [6.45, 7) is 0.727. The van der Waals surface area contributed by atoms with Crippen LogP contribution in [0.5, 0.6) is 5.75 Å². The van der Waals surface area contributed by atoms with E-state index >= 15 is 0 Å². The smallest absolute Gasteiger partial charge is 0.266 e. The standard InChI is InChI=1S/C22H27N3O4/c1-25(2)24-21(27)22(15-17-7-4-3-5-8-17)16-29-20(23-22)18-9-11-19(12-10-18)28-14-6-13-26/h3-5,7-12,26H,6,13-16H2,1-2H3,(H,24,27)/t22-/m0/s1. The monoisotopic (exact) mass is 397 g/mol. The number of hydrogen-bond donors (Lipinski definition) is 2. The highest BCUT2D eigenvalue weighted by atomic mass is 16.5. The maximum Gasteiger partial charge on any atom is 0.266 e. The first-order valence-electron chi connectivity index (χ1n) is 9.61. The Balaban J connectivity index is 1.82. The summed E-state index contributed by atoms with van der Waals surface area (Å²) in [5.74, 6) is 0.948. The molecule has 0 spiro atoms. The zero-order valence-electron chi connectivity index (χ0n) is 16.8. The molecule has 2 aromatic rings. The van der Waals surface area contributed by atoms with Crippen LogP contribution in [-0.4, -0.2) is 61.4 Å². The summed E-state index contributed by atoms with van der Waals surface area (Å²) in [7, 11) is 3.54. The molecule has 1 aliphatic rings. The third-order valence-electron chi connectivity index (χ3n) is 4.52. The Morgan fingerprint density at radius 2 is 1.93 bits per heavy atom. The fourth-order valence-corrected chi connectivity index (χ4v) is 3.07. The third kappa shape index (κ3) is 5.34. The normalized spacial score (nSPS) is 18.3. The van der Waals surface area contributed by atoms with Crippen molar-refractivity contribution in [3.63, 3.8) is 0 Å². The highest BCUT2D eigenvalue weighted by Gasteiger charge is 2.44. The average molecular weight is 397 g/mol. The number of carbonyl (C=O) groups excluding carboxylic acids is 1. The van der Waals surface area contributed by atoms with E-state index in [9.17, 15) is 4.79 Å². The van der Waals surface area contributed by atoms with Crippen molar-refractivity contribution in [2.75, 3.05) is 33.9 Å². The second-order valence-electron chi connectivity index (χ2n) is 7.18. The first-order valence-corrected chi connectivity index (χ1v) is 9.61. The van der Waals surface area contributed by atoms with E-state index in [-0.39, 0.29) is 19.1 Å². The largest absolute Gasteiger partial charge is 0.494 e. The van der Waals surface area contributed by atoms with Gasteiger partial charge in [0.25, 0.3) is 5.91 Å². The first-order chi connectivity index (χ1) is 14.0. The lowest BCUT2D eigenvalue weighted by molar-refractivity contribution is -0.130. The van der Waals surface area contributed by atoms with Gasteiger partial charge in [-0.3, -0.25) is 10.2 Å². The molecule has 0 radical (unpaired) electrons. The summed E-state index contributed by atoms with van der Waals surface area (Å²) in [4.78, 5) is 17.7. The third-order valence-corrected chi connectivity index (χ3v) is 4.52. The van der Waals surface area contributed by atoms with E-state index < -0.39 is 5.54 Å². The second kappa shape index (κ2) is 9.54. The van der Waals surface area contributed by atoms with Crippen LogP contribution in [0.1, 0.15) is 17.5 Å². The van der Waals surface area contributed by atoms with Crippen LogP contribution in [0.25, 0.3) is 0 Å². The molecule has 0 saturated heterocycles. The number of amides is 1. The van der Waals surface area contributed by atoms with Crippen molar-refractivity contribution in [2.24, 2.45) is 4.99 Å². The molecule has 3 rings (SSSR count). The van der Waals surface area contributed by atoms with Crippen LogP contribution >= 0.6 is 0 Å². The molecule has 0 bridgehead atoms. The van der Waals surface area contributed by atoms with Gasteiger partial charge < -0.3 is 14.6 Å². The number of aliphatic imine (C=N–C) groups is 1. The van der Waals surface area contributed by atoms with Gasteiger partial charge in [-0.05, 0) is 29.8 Å². The molecule has 0 fully saturated rings. The van der Waals surface area contributed by atoms with Gasteiger partial charge in [-0.25, -0.2) is 10.0 Å². The molecule has 29 heavy (non-hydrogen) atoms. The van der Waals surface area contributed by atoms with E-state index in [2.05, 4.69) is 5.43 Å². The minimum atomic E-state index is -1.03. The topological polar surface area (TPSA) is 83.4 Å². The molecule has 2 N–H and O–H groups in total. The molecule has 1 heterocycles. The molecular formula is C22H27N3O4. The molecule has 2 aromatic carbocycles. The van der Waals surface area contributed by atoms with Crippen LogP contribution in [0.3, 0.4) is 0 Å². The fourth-order valence-electron chi connectivity index (χ4n) is 3.07. The number of aliphatic hydroxyl groups is 1. The molecule has 0 aromatic heterocycles. The fraction of sp³-hybridized carbons (Fsp3) is 0.364. The number of benzene rings is 2. The van der Waals surface area contributed by atoms with Crippen molar-refractivity contribution in [1.82, 2.24) is 10.4 Å². The Labute approximate surface area is 170 Å². The van der Waals surface area contributed by atoms with Gasteiger partial charge in [0.2, 0.25) is 5.90 Å². The van der Waals surface area contributed by atoms with Crippen LogP contribution in [0.15, 0.2) is 59.6 Å². The van der Waals surface area contributed by atoms with E-state index in [1.807, 2.05) is 54.6 Å². The second-order valence-corrected chi connectivity index (χ2v) is 7.18. The van der Waals surface area contributed by atoms with Crippen LogP contribution in [-0.2, 0) is 16.0 Å². The number of nitrogens with zero attached hydrogens (tertiary/aromatic N) is 2. The van der Waals surface area contributed by atoms with Crippen molar-refractivity contribution in [3.05, 3.63) is 65.7 Å². The van der Waals surface area contributed by atoms with Crippen molar-refractivity contribution in [3.8, 4) is 5.75 Å². The Morgan fingerprint density at radius 3 is 2.59 bits per heavy atom. The molecule has 7 heteroatoms. The van der Waals surface area contributed by atoms with E-state index in [0.29, 0.717) is 31.1 Å². The van der Waals surface area contributed by atoms with Crippen LogP contribution in [0.4, 0.5) is 0 Å². The molecule has 0 saturated carbocycles. The molecule has 154 valence electrons. The van der Waals surface area contributed by atoms with Gasteiger partial charge in [0.15, 0.2) is 5.54 Å². The summed E-state index contributed by atoms with van der Waals surface area (Å²) in [6, 6.07) is 17.2. The molecule has 1 aliphatic heterocycles.